The van der Waals surface area contributed by atoms with Crippen LogP contribution in [0.1, 0.15) is 18.6 Å². The molecule has 0 unspecified atom stereocenters. The molecule has 3 heterocycles. The number of anilines is 2. The summed E-state index contributed by atoms with van der Waals surface area (Å²) >= 11 is 7.11. The highest BCUT2D eigenvalue weighted by Gasteiger charge is 2.21. The summed E-state index contributed by atoms with van der Waals surface area (Å²) in [5.74, 6) is 0.257. The lowest BCUT2D eigenvalue weighted by molar-refractivity contribution is 0.121. The smallest absolute Gasteiger partial charge is 0.413 e. The molecule has 0 aliphatic rings. The van der Waals surface area contributed by atoms with Gasteiger partial charge in [0.1, 0.15) is 10.4 Å². The van der Waals surface area contributed by atoms with Crippen molar-refractivity contribution in [2.45, 2.75) is 13.0 Å². The number of carbonyl (C=O) groups is 1. The molecule has 2 N–H and O–H groups in total. The molecule has 0 bridgehead atoms. The number of rotatable bonds is 6. The van der Waals surface area contributed by atoms with Gasteiger partial charge in [-0.15, -0.1) is 5.10 Å². The van der Waals surface area contributed by atoms with Crippen molar-refractivity contribution in [2.75, 3.05) is 16.3 Å². The molecule has 1 amide bonds. The van der Waals surface area contributed by atoms with Gasteiger partial charge in [-0.2, -0.15) is 4.37 Å². The Labute approximate surface area is 175 Å². The van der Waals surface area contributed by atoms with Crippen LogP contribution in [0.5, 0.6) is 0 Å². The molecule has 0 fully saturated rings. The molecule has 3 aromatic heterocycles. The van der Waals surface area contributed by atoms with Gasteiger partial charge in [-0.05, 0) is 30.6 Å². The highest BCUT2D eigenvalue weighted by atomic mass is 35.5. The average molecular weight is 458 g/mol. The second kappa shape index (κ2) is 8.31. The predicted molar refractivity (Wildman–Crippen MR) is 108 cm³/mol. The van der Waals surface area contributed by atoms with Crippen LogP contribution in [0.25, 0.3) is 11.4 Å². The average Bonchev–Trinajstić information content (AvgIpc) is 3.21. The number of aromatic nitrogens is 5. The SMILES string of the molecule is C[C@@H](OC(=O)Nc1c(-c2ccc(NS(C)(=O)=O)cn2)nnn1C)c1cnsc1Cl. The van der Waals surface area contributed by atoms with Crippen LogP contribution in [0.2, 0.25) is 4.34 Å². The van der Waals surface area contributed by atoms with Crippen molar-refractivity contribution in [1.29, 1.82) is 0 Å². The molecule has 0 saturated carbocycles. The first kappa shape index (κ1) is 21.0. The van der Waals surface area contributed by atoms with E-state index in [4.69, 9.17) is 16.3 Å². The maximum Gasteiger partial charge on any atom is 0.413 e. The third-order valence-electron chi connectivity index (χ3n) is 3.63. The Morgan fingerprint density at radius 3 is 2.69 bits per heavy atom. The third-order valence-corrected chi connectivity index (χ3v) is 5.27. The maximum atomic E-state index is 12.3. The number of carbonyl (C=O) groups excluding carboxylic acids is 1. The van der Waals surface area contributed by atoms with Crippen molar-refractivity contribution in [3.8, 4) is 11.4 Å². The number of hydrogen-bond donors (Lipinski definition) is 2. The minimum Gasteiger partial charge on any atom is -0.441 e. The number of sulfonamides is 1. The van der Waals surface area contributed by atoms with E-state index in [0.29, 0.717) is 27.0 Å². The molecule has 3 rings (SSSR count). The summed E-state index contributed by atoms with van der Waals surface area (Å²) in [4.78, 5) is 16.5. The Kier molecular flexibility index (Phi) is 6.00. The van der Waals surface area contributed by atoms with Gasteiger partial charge in [0.2, 0.25) is 10.0 Å². The van der Waals surface area contributed by atoms with Crippen molar-refractivity contribution < 1.29 is 17.9 Å². The van der Waals surface area contributed by atoms with Gasteiger partial charge in [0.05, 0.1) is 23.8 Å². The maximum absolute atomic E-state index is 12.3. The molecule has 11 nitrogen and oxygen atoms in total. The number of aryl methyl sites for hydroxylation is 1. The van der Waals surface area contributed by atoms with Crippen molar-refractivity contribution in [1.82, 2.24) is 24.4 Å². The number of ether oxygens (including phenoxy) is 1. The summed E-state index contributed by atoms with van der Waals surface area (Å²) in [7, 11) is -1.82. The highest BCUT2D eigenvalue weighted by molar-refractivity contribution is 7.92. The minimum absolute atomic E-state index is 0.257. The van der Waals surface area contributed by atoms with E-state index in [2.05, 4.69) is 29.7 Å². The first-order valence-corrected chi connectivity index (χ1v) is 11.1. The predicted octanol–water partition coefficient (Wildman–Crippen LogP) is 2.67. The summed E-state index contributed by atoms with van der Waals surface area (Å²) in [6.45, 7) is 1.67. The van der Waals surface area contributed by atoms with Crippen LogP contribution in [0, 0.1) is 0 Å². The number of halogens is 1. The van der Waals surface area contributed by atoms with E-state index in [1.165, 1.54) is 23.1 Å². The molecule has 0 aromatic carbocycles. The van der Waals surface area contributed by atoms with E-state index < -0.39 is 22.2 Å². The van der Waals surface area contributed by atoms with Crippen LogP contribution in [-0.4, -0.2) is 45.1 Å². The lowest BCUT2D eigenvalue weighted by Gasteiger charge is -2.13. The van der Waals surface area contributed by atoms with Crippen LogP contribution >= 0.6 is 23.1 Å². The topological polar surface area (TPSA) is 141 Å². The monoisotopic (exact) mass is 457 g/mol. The second-order valence-electron chi connectivity index (χ2n) is 5.94. The van der Waals surface area contributed by atoms with Crippen molar-refractivity contribution in [3.05, 3.63) is 34.4 Å². The van der Waals surface area contributed by atoms with E-state index in [1.807, 2.05) is 0 Å². The van der Waals surface area contributed by atoms with Gasteiger partial charge < -0.3 is 4.74 Å². The number of nitrogens with one attached hydrogen (secondary N) is 2. The van der Waals surface area contributed by atoms with Crippen LogP contribution in [-0.2, 0) is 21.8 Å². The van der Waals surface area contributed by atoms with E-state index in [1.54, 1.807) is 20.0 Å². The van der Waals surface area contributed by atoms with Crippen molar-refractivity contribution in [2.24, 2.45) is 7.05 Å². The highest BCUT2D eigenvalue weighted by Crippen LogP contribution is 2.29. The Morgan fingerprint density at radius 2 is 2.10 bits per heavy atom. The van der Waals surface area contributed by atoms with Gasteiger partial charge in [-0.25, -0.2) is 17.9 Å². The lowest BCUT2D eigenvalue weighted by atomic mass is 10.2. The third kappa shape index (κ3) is 5.19. The van der Waals surface area contributed by atoms with E-state index in [-0.39, 0.29) is 5.82 Å². The molecule has 14 heteroatoms. The zero-order valence-corrected chi connectivity index (χ0v) is 17.8. The minimum atomic E-state index is -3.42. The second-order valence-corrected chi connectivity index (χ2v) is 9.10. The number of pyridine rings is 1. The lowest BCUT2D eigenvalue weighted by Crippen LogP contribution is -2.18. The zero-order chi connectivity index (χ0) is 21.2. The number of amides is 1. The first-order valence-electron chi connectivity index (χ1n) is 8.05. The fourth-order valence-corrected chi connectivity index (χ4v) is 3.78. The molecule has 0 spiro atoms. The molecule has 29 heavy (non-hydrogen) atoms. The Morgan fingerprint density at radius 1 is 1.34 bits per heavy atom. The fraction of sp³-hybridized carbons (Fsp3) is 0.267. The number of nitrogens with zero attached hydrogens (tertiary/aromatic N) is 5. The van der Waals surface area contributed by atoms with Crippen LogP contribution < -0.4 is 10.0 Å². The quantitative estimate of drug-likeness (QED) is 0.575. The number of hydrogen-bond acceptors (Lipinski definition) is 9. The molecule has 3 aromatic rings. The molecule has 0 aliphatic heterocycles. The molecule has 0 saturated heterocycles. The summed E-state index contributed by atoms with van der Waals surface area (Å²) in [6, 6.07) is 3.07. The van der Waals surface area contributed by atoms with Crippen molar-refractivity contribution >= 4 is 50.8 Å². The van der Waals surface area contributed by atoms with Crippen LogP contribution in [0.3, 0.4) is 0 Å². The molecule has 1 atom stereocenters. The normalized spacial score (nSPS) is 12.4. The standard InChI is InChI=1S/C15H16ClN7O4S2/c1-8(10-7-18-28-13(10)16)27-15(24)19-14-12(20-22-23(14)2)11-5-4-9(6-17-11)21-29(3,25)26/h4-8,21H,1-3H3,(H,19,24)/t8-/m1/s1. The van der Waals surface area contributed by atoms with E-state index in [9.17, 15) is 13.2 Å². The fourth-order valence-electron chi connectivity index (χ4n) is 2.33. The van der Waals surface area contributed by atoms with Gasteiger partial charge in [-0.3, -0.25) is 15.0 Å². The first-order chi connectivity index (χ1) is 13.6. The van der Waals surface area contributed by atoms with Gasteiger partial charge in [0.25, 0.3) is 0 Å². The van der Waals surface area contributed by atoms with Crippen molar-refractivity contribution in [3.63, 3.8) is 0 Å². The largest absolute Gasteiger partial charge is 0.441 e. The van der Waals surface area contributed by atoms with Gasteiger partial charge in [0.15, 0.2) is 11.5 Å². The molecule has 0 radical (unpaired) electrons. The summed E-state index contributed by atoms with van der Waals surface area (Å²) < 4.78 is 36.0. The molecule has 154 valence electrons. The van der Waals surface area contributed by atoms with Gasteiger partial charge in [-0.1, -0.05) is 16.8 Å². The summed E-state index contributed by atoms with van der Waals surface area (Å²) in [6.07, 6.45) is 2.57. The van der Waals surface area contributed by atoms with E-state index >= 15 is 0 Å². The Bertz CT molecular complexity index is 1130. The Hall–Kier alpha value is -2.77. The molecular formula is C15H16ClN7O4S2. The summed E-state index contributed by atoms with van der Waals surface area (Å²) in [5, 5.41) is 10.5. The van der Waals surface area contributed by atoms with Crippen LogP contribution in [0.15, 0.2) is 24.5 Å². The van der Waals surface area contributed by atoms with Gasteiger partial charge in [0, 0.05) is 18.8 Å². The molecule has 0 aliphatic carbocycles. The van der Waals surface area contributed by atoms with Crippen LogP contribution in [0.4, 0.5) is 16.3 Å². The van der Waals surface area contributed by atoms with Gasteiger partial charge >= 0.3 is 6.09 Å². The Balaban J connectivity index is 1.76. The summed E-state index contributed by atoms with van der Waals surface area (Å²) in [5.41, 5.74) is 1.57. The van der Waals surface area contributed by atoms with E-state index in [0.717, 1.165) is 17.8 Å². The molecular weight excluding hydrogens is 442 g/mol. The zero-order valence-electron chi connectivity index (χ0n) is 15.5.